The van der Waals surface area contributed by atoms with Crippen molar-refractivity contribution in [2.45, 2.75) is 57.2 Å². The molecule has 1 amide bonds. The van der Waals surface area contributed by atoms with Crippen LogP contribution in [0, 0.1) is 0 Å². The highest BCUT2D eigenvalue weighted by molar-refractivity contribution is 5.86. The quantitative estimate of drug-likeness (QED) is 0.291. The Morgan fingerprint density at radius 2 is 1.83 bits per heavy atom. The van der Waals surface area contributed by atoms with E-state index in [0.717, 1.165) is 49.5 Å². The minimum absolute atomic E-state index is 0.119. The number of nitrogens with zero attached hydrogens (tertiary/aromatic N) is 3. The van der Waals surface area contributed by atoms with E-state index >= 15 is 0 Å². The number of piperidine rings is 1. The number of amides is 1. The predicted octanol–water partition coefficient (Wildman–Crippen LogP) is 3.24. The Balaban J connectivity index is 1.33. The second-order valence-electron chi connectivity index (χ2n) is 9.86. The fraction of sp³-hybridized carbons (Fsp3) is 0.393. The minimum Gasteiger partial charge on any atom is -0.361 e. The minimum atomic E-state index is -0.841. The van der Waals surface area contributed by atoms with Crippen LogP contribution in [0.5, 0.6) is 0 Å². The molecule has 2 aromatic heterocycles. The molecule has 1 aliphatic heterocycles. The van der Waals surface area contributed by atoms with Gasteiger partial charge in [0.2, 0.25) is 5.91 Å². The van der Waals surface area contributed by atoms with Gasteiger partial charge >= 0.3 is 0 Å². The molecule has 5 rings (SSSR count). The second-order valence-corrected chi connectivity index (χ2v) is 9.86. The van der Waals surface area contributed by atoms with E-state index in [2.05, 4.69) is 66.9 Å². The number of aromatic nitrogens is 4. The number of hydrogen-bond acceptors (Lipinski definition) is 5. The highest BCUT2D eigenvalue weighted by Gasteiger charge is 2.36. The van der Waals surface area contributed by atoms with Gasteiger partial charge in [0.15, 0.2) is 5.82 Å². The Kier molecular flexibility index (Phi) is 7.16. The van der Waals surface area contributed by atoms with E-state index in [1.807, 2.05) is 31.2 Å². The molecule has 188 valence electrons. The number of para-hydroxylation sites is 1. The molecule has 2 aromatic carbocycles. The predicted molar refractivity (Wildman–Crippen MR) is 141 cm³/mol. The smallest absolute Gasteiger partial charge is 0.240 e. The van der Waals surface area contributed by atoms with Crippen molar-refractivity contribution < 1.29 is 4.79 Å². The maximum atomic E-state index is 13.1. The molecule has 8 nitrogen and oxygen atoms in total. The van der Waals surface area contributed by atoms with Crippen molar-refractivity contribution in [3.8, 4) is 0 Å². The molecule has 0 bridgehead atoms. The SMILES string of the molecule is C[C@@H](NC(=O)C1(N)CCNCC1)c1nnc(CCCc2c[nH]c3ccccc23)n1Cc1ccccc1. The topological polar surface area (TPSA) is 114 Å². The zero-order valence-corrected chi connectivity index (χ0v) is 20.8. The molecule has 4 aromatic rings. The molecule has 1 fully saturated rings. The van der Waals surface area contributed by atoms with Crippen LogP contribution in [0.1, 0.15) is 55.0 Å². The maximum absolute atomic E-state index is 13.1. The number of carbonyl (C=O) groups is 1. The van der Waals surface area contributed by atoms with Crippen LogP contribution in [0.25, 0.3) is 10.9 Å². The van der Waals surface area contributed by atoms with Crippen molar-refractivity contribution >= 4 is 16.8 Å². The van der Waals surface area contributed by atoms with Crippen molar-refractivity contribution in [1.82, 2.24) is 30.4 Å². The van der Waals surface area contributed by atoms with Gasteiger partial charge in [0.25, 0.3) is 0 Å². The van der Waals surface area contributed by atoms with Gasteiger partial charge in [0.05, 0.1) is 18.1 Å². The van der Waals surface area contributed by atoms with Gasteiger partial charge in [-0.1, -0.05) is 48.5 Å². The summed E-state index contributed by atoms with van der Waals surface area (Å²) in [5, 5.41) is 16.8. The van der Waals surface area contributed by atoms with E-state index in [-0.39, 0.29) is 11.9 Å². The molecule has 0 aliphatic carbocycles. The van der Waals surface area contributed by atoms with E-state index in [4.69, 9.17) is 5.73 Å². The van der Waals surface area contributed by atoms with Crippen LogP contribution in [0.15, 0.2) is 60.8 Å². The van der Waals surface area contributed by atoms with E-state index < -0.39 is 5.54 Å². The zero-order valence-electron chi connectivity index (χ0n) is 20.8. The average molecular weight is 486 g/mol. The van der Waals surface area contributed by atoms with Gasteiger partial charge < -0.3 is 25.9 Å². The molecule has 3 heterocycles. The van der Waals surface area contributed by atoms with Crippen LogP contribution in [-0.2, 0) is 24.2 Å². The first-order valence-corrected chi connectivity index (χ1v) is 12.8. The Bertz CT molecular complexity index is 1300. The number of fused-ring (bicyclic) bond motifs is 1. The molecule has 1 aliphatic rings. The van der Waals surface area contributed by atoms with Gasteiger partial charge in [0.1, 0.15) is 5.82 Å². The van der Waals surface area contributed by atoms with Crippen LogP contribution in [0.2, 0.25) is 0 Å². The number of aryl methyl sites for hydroxylation is 2. The van der Waals surface area contributed by atoms with Gasteiger partial charge in [-0.25, -0.2) is 0 Å². The first-order chi connectivity index (χ1) is 17.5. The second kappa shape index (κ2) is 10.6. The van der Waals surface area contributed by atoms with Crippen molar-refractivity contribution in [2.24, 2.45) is 5.73 Å². The van der Waals surface area contributed by atoms with Gasteiger partial charge in [-0.3, -0.25) is 4.79 Å². The third-order valence-electron chi connectivity index (χ3n) is 7.24. The molecule has 5 N–H and O–H groups in total. The summed E-state index contributed by atoms with van der Waals surface area (Å²) in [5.41, 5.74) is 9.26. The lowest BCUT2D eigenvalue weighted by Gasteiger charge is -2.33. The zero-order chi connectivity index (χ0) is 25.0. The summed E-state index contributed by atoms with van der Waals surface area (Å²) < 4.78 is 2.15. The third-order valence-corrected chi connectivity index (χ3v) is 7.24. The Labute approximate surface area is 211 Å². The van der Waals surface area contributed by atoms with Gasteiger partial charge in [-0.05, 0) is 62.9 Å². The normalized spacial score (nSPS) is 16.2. The summed E-state index contributed by atoms with van der Waals surface area (Å²) in [7, 11) is 0. The molecule has 0 saturated carbocycles. The number of aromatic amines is 1. The van der Waals surface area contributed by atoms with E-state index in [1.54, 1.807) is 0 Å². The van der Waals surface area contributed by atoms with Crippen LogP contribution in [-0.4, -0.2) is 44.3 Å². The standard InChI is InChI=1S/C28H35N7O/c1-20(32-27(36)28(29)14-16-30-17-15-28)26-34-33-25(35(26)19-21-8-3-2-4-9-21)13-7-10-22-18-31-24-12-6-5-11-23(22)24/h2-6,8-9,11-12,18,20,30-31H,7,10,13-17,19,29H2,1H3,(H,32,36)/t20-/m1/s1. The highest BCUT2D eigenvalue weighted by atomic mass is 16.2. The van der Waals surface area contributed by atoms with Gasteiger partial charge in [-0.15, -0.1) is 10.2 Å². The number of H-pyrrole nitrogens is 1. The summed E-state index contributed by atoms with van der Waals surface area (Å²) in [5.74, 6) is 1.57. The molecule has 36 heavy (non-hydrogen) atoms. The van der Waals surface area contributed by atoms with E-state index in [0.29, 0.717) is 19.4 Å². The van der Waals surface area contributed by atoms with E-state index in [9.17, 15) is 4.79 Å². The van der Waals surface area contributed by atoms with Crippen molar-refractivity contribution in [3.05, 3.63) is 83.6 Å². The monoisotopic (exact) mass is 485 g/mol. The molecule has 8 heteroatoms. The number of nitrogens with one attached hydrogen (secondary N) is 3. The summed E-state index contributed by atoms with van der Waals surface area (Å²) >= 11 is 0. The first kappa shape index (κ1) is 24.2. The van der Waals surface area contributed by atoms with Crippen LogP contribution >= 0.6 is 0 Å². The Hall–Kier alpha value is -3.49. The maximum Gasteiger partial charge on any atom is 0.240 e. The van der Waals surface area contributed by atoms with Crippen LogP contribution in [0.3, 0.4) is 0 Å². The summed E-state index contributed by atoms with van der Waals surface area (Å²) in [6.45, 7) is 4.12. The number of nitrogens with two attached hydrogens (primary N) is 1. The number of carbonyl (C=O) groups excluding carboxylic acids is 1. The first-order valence-electron chi connectivity index (χ1n) is 12.8. The van der Waals surface area contributed by atoms with Crippen molar-refractivity contribution in [2.75, 3.05) is 13.1 Å². The Morgan fingerprint density at radius 1 is 1.08 bits per heavy atom. The van der Waals surface area contributed by atoms with Gasteiger partial charge in [-0.2, -0.15) is 0 Å². The molecule has 1 saturated heterocycles. The number of benzene rings is 2. The van der Waals surface area contributed by atoms with Crippen molar-refractivity contribution in [3.63, 3.8) is 0 Å². The third kappa shape index (κ3) is 5.20. The summed E-state index contributed by atoms with van der Waals surface area (Å²) in [4.78, 5) is 16.4. The summed E-state index contributed by atoms with van der Waals surface area (Å²) in [6.07, 6.45) is 6.06. The van der Waals surface area contributed by atoms with Crippen molar-refractivity contribution in [1.29, 1.82) is 0 Å². The molecular formula is C28H35N7O. The lowest BCUT2D eigenvalue weighted by atomic mass is 9.88. The largest absolute Gasteiger partial charge is 0.361 e. The average Bonchev–Trinajstić information content (AvgIpc) is 3.49. The van der Waals surface area contributed by atoms with Crippen LogP contribution < -0.4 is 16.4 Å². The lowest BCUT2D eigenvalue weighted by molar-refractivity contribution is -0.128. The Morgan fingerprint density at radius 3 is 2.64 bits per heavy atom. The fourth-order valence-corrected chi connectivity index (χ4v) is 5.07. The fourth-order valence-electron chi connectivity index (χ4n) is 5.07. The molecule has 1 atom stereocenters. The number of rotatable bonds is 9. The lowest BCUT2D eigenvalue weighted by Crippen LogP contribution is -2.59. The molecular weight excluding hydrogens is 450 g/mol. The van der Waals surface area contributed by atoms with E-state index in [1.165, 1.54) is 16.5 Å². The summed E-state index contributed by atoms with van der Waals surface area (Å²) in [6, 6.07) is 18.4. The van der Waals surface area contributed by atoms with Gasteiger partial charge in [0, 0.05) is 23.5 Å². The highest BCUT2D eigenvalue weighted by Crippen LogP contribution is 2.22. The molecule has 0 unspecified atom stereocenters. The van der Waals surface area contributed by atoms with Crippen LogP contribution in [0.4, 0.5) is 0 Å². The molecule has 0 spiro atoms. The number of hydrogen-bond donors (Lipinski definition) is 4. The molecule has 0 radical (unpaired) electrons.